The predicted molar refractivity (Wildman–Crippen MR) is 74.5 cm³/mol. The summed E-state index contributed by atoms with van der Waals surface area (Å²) in [7, 11) is 0. The van der Waals surface area contributed by atoms with Crippen molar-refractivity contribution in [2.75, 3.05) is 18.6 Å². The minimum atomic E-state index is 0.623. The van der Waals surface area contributed by atoms with Crippen LogP contribution in [0.4, 0.5) is 0 Å². The van der Waals surface area contributed by atoms with Crippen molar-refractivity contribution < 1.29 is 0 Å². The number of thioether (sulfide) groups is 1. The van der Waals surface area contributed by atoms with Gasteiger partial charge in [-0.3, -0.25) is 0 Å². The first-order valence-electron chi connectivity index (χ1n) is 6.61. The third kappa shape index (κ3) is 3.75. The zero-order valence-corrected chi connectivity index (χ0v) is 11.5. The molecule has 0 radical (unpaired) electrons. The van der Waals surface area contributed by atoms with Crippen LogP contribution in [0.5, 0.6) is 0 Å². The highest BCUT2D eigenvalue weighted by Crippen LogP contribution is 2.29. The molecule has 1 heterocycles. The summed E-state index contributed by atoms with van der Waals surface area (Å²) in [5.41, 5.74) is 0. The van der Waals surface area contributed by atoms with E-state index in [1.807, 2.05) is 24.3 Å². The first kappa shape index (κ1) is 13.0. The minimum Gasteiger partial charge on any atom is -0.333 e. The van der Waals surface area contributed by atoms with Gasteiger partial charge in [0, 0.05) is 24.5 Å². The minimum absolute atomic E-state index is 0.623. The number of hydrogen-bond acceptors (Lipinski definition) is 3. The molecule has 2 unspecified atom stereocenters. The van der Waals surface area contributed by atoms with E-state index in [1.54, 1.807) is 0 Å². The van der Waals surface area contributed by atoms with Gasteiger partial charge in [0.1, 0.15) is 0 Å². The van der Waals surface area contributed by atoms with Crippen molar-refractivity contribution in [3.05, 3.63) is 18.7 Å². The Hall–Kier alpha value is -0.480. The Kier molecular flexibility index (Phi) is 5.39. The van der Waals surface area contributed by atoms with Crippen molar-refractivity contribution in [1.82, 2.24) is 14.9 Å². The second-order valence-corrected chi connectivity index (χ2v) is 5.75. The quantitative estimate of drug-likeness (QED) is 0.758. The summed E-state index contributed by atoms with van der Waals surface area (Å²) < 4.78 is 2.27. The fourth-order valence-corrected chi connectivity index (χ4v) is 3.15. The van der Waals surface area contributed by atoms with E-state index in [-0.39, 0.29) is 0 Å². The van der Waals surface area contributed by atoms with Gasteiger partial charge in [-0.25, -0.2) is 4.98 Å². The molecule has 1 aliphatic carbocycles. The Morgan fingerprint density at radius 1 is 1.41 bits per heavy atom. The number of hydrogen-bond donors (Lipinski definition) is 1. The van der Waals surface area contributed by atoms with Crippen molar-refractivity contribution in [1.29, 1.82) is 0 Å². The molecule has 1 aromatic rings. The molecule has 2 rings (SSSR count). The molecule has 1 saturated carbocycles. The Labute approximate surface area is 108 Å². The average molecular weight is 253 g/mol. The van der Waals surface area contributed by atoms with E-state index in [9.17, 15) is 0 Å². The van der Waals surface area contributed by atoms with Crippen LogP contribution in [-0.2, 0) is 0 Å². The maximum absolute atomic E-state index is 4.15. The number of nitrogens with zero attached hydrogens (tertiary/aromatic N) is 2. The molecule has 1 aromatic heterocycles. The molecule has 1 fully saturated rings. The first-order chi connectivity index (χ1) is 8.42. The lowest BCUT2D eigenvalue weighted by Crippen LogP contribution is -2.34. The van der Waals surface area contributed by atoms with Crippen LogP contribution >= 0.6 is 11.8 Å². The zero-order valence-electron chi connectivity index (χ0n) is 10.6. The van der Waals surface area contributed by atoms with Crippen LogP contribution in [0.1, 0.15) is 38.1 Å². The van der Waals surface area contributed by atoms with E-state index in [0.29, 0.717) is 12.1 Å². The molecule has 0 spiro atoms. The highest BCUT2D eigenvalue weighted by molar-refractivity contribution is 7.98. The average Bonchev–Trinajstić information content (AvgIpc) is 2.98. The van der Waals surface area contributed by atoms with Crippen LogP contribution in [0.15, 0.2) is 18.7 Å². The maximum Gasteiger partial charge on any atom is 0.0949 e. The van der Waals surface area contributed by atoms with E-state index >= 15 is 0 Å². The molecule has 17 heavy (non-hydrogen) atoms. The van der Waals surface area contributed by atoms with E-state index < -0.39 is 0 Å². The second kappa shape index (κ2) is 7.07. The molecule has 2 atom stereocenters. The lowest BCUT2D eigenvalue weighted by molar-refractivity contribution is 0.390. The van der Waals surface area contributed by atoms with Gasteiger partial charge < -0.3 is 9.88 Å². The van der Waals surface area contributed by atoms with Gasteiger partial charge in [0.05, 0.1) is 6.33 Å². The van der Waals surface area contributed by atoms with Crippen LogP contribution in [-0.4, -0.2) is 34.1 Å². The zero-order chi connectivity index (χ0) is 11.9. The van der Waals surface area contributed by atoms with Crippen molar-refractivity contribution in [2.24, 2.45) is 0 Å². The van der Waals surface area contributed by atoms with E-state index in [2.05, 4.69) is 27.3 Å². The van der Waals surface area contributed by atoms with Crippen LogP contribution in [0.3, 0.4) is 0 Å². The van der Waals surface area contributed by atoms with Crippen molar-refractivity contribution >= 4 is 11.8 Å². The summed E-state index contributed by atoms with van der Waals surface area (Å²) in [5, 5.41) is 3.72. The Bertz CT molecular complexity index is 300. The number of imidazole rings is 1. The van der Waals surface area contributed by atoms with Gasteiger partial charge in [0.2, 0.25) is 0 Å². The molecular weight excluding hydrogens is 230 g/mol. The summed E-state index contributed by atoms with van der Waals surface area (Å²) >= 11 is 1.94. The van der Waals surface area contributed by atoms with Crippen LogP contribution in [0, 0.1) is 0 Å². The van der Waals surface area contributed by atoms with Gasteiger partial charge in [-0.05, 0) is 50.7 Å². The van der Waals surface area contributed by atoms with E-state index in [4.69, 9.17) is 0 Å². The van der Waals surface area contributed by atoms with Crippen LogP contribution in [0.25, 0.3) is 0 Å². The van der Waals surface area contributed by atoms with Crippen molar-refractivity contribution in [3.63, 3.8) is 0 Å². The van der Waals surface area contributed by atoms with Crippen LogP contribution < -0.4 is 5.32 Å². The van der Waals surface area contributed by atoms with E-state index in [0.717, 1.165) is 6.54 Å². The molecule has 0 bridgehead atoms. The third-order valence-electron chi connectivity index (χ3n) is 3.57. The van der Waals surface area contributed by atoms with Crippen LogP contribution in [0.2, 0.25) is 0 Å². The molecule has 0 aliphatic heterocycles. The van der Waals surface area contributed by atoms with Crippen molar-refractivity contribution in [3.8, 4) is 0 Å². The number of nitrogens with one attached hydrogen (secondary N) is 1. The fraction of sp³-hybridized carbons (Fsp3) is 0.769. The molecule has 1 aliphatic rings. The summed E-state index contributed by atoms with van der Waals surface area (Å²) in [6.45, 7) is 1.16. The van der Waals surface area contributed by atoms with Gasteiger partial charge in [-0.15, -0.1) is 0 Å². The molecule has 96 valence electrons. The lowest BCUT2D eigenvalue weighted by atomic mass is 10.1. The number of rotatable bonds is 7. The topological polar surface area (TPSA) is 29.9 Å². The molecule has 0 amide bonds. The largest absolute Gasteiger partial charge is 0.333 e. The molecular formula is C13H23N3S. The number of unbranched alkanes of at least 4 members (excludes halogenated alkanes) is 1. The van der Waals surface area contributed by atoms with Gasteiger partial charge in [0.15, 0.2) is 0 Å². The van der Waals surface area contributed by atoms with Crippen molar-refractivity contribution in [2.45, 2.75) is 44.2 Å². The van der Waals surface area contributed by atoms with Gasteiger partial charge >= 0.3 is 0 Å². The highest BCUT2D eigenvalue weighted by Gasteiger charge is 2.27. The highest BCUT2D eigenvalue weighted by atomic mass is 32.2. The summed E-state index contributed by atoms with van der Waals surface area (Å²) in [6, 6.07) is 1.27. The van der Waals surface area contributed by atoms with Gasteiger partial charge in [0.25, 0.3) is 0 Å². The molecule has 0 aromatic carbocycles. The molecule has 1 N–H and O–H groups in total. The normalized spacial score (nSPS) is 24.3. The lowest BCUT2D eigenvalue weighted by Gasteiger charge is -2.22. The summed E-state index contributed by atoms with van der Waals surface area (Å²) in [4.78, 5) is 4.15. The smallest absolute Gasteiger partial charge is 0.0949 e. The van der Waals surface area contributed by atoms with Gasteiger partial charge in [-0.1, -0.05) is 0 Å². The first-order valence-corrected chi connectivity index (χ1v) is 8.01. The Morgan fingerprint density at radius 3 is 3.12 bits per heavy atom. The fourth-order valence-electron chi connectivity index (χ4n) is 2.66. The molecule has 4 heteroatoms. The maximum atomic E-state index is 4.15. The summed E-state index contributed by atoms with van der Waals surface area (Å²) in [5.74, 6) is 1.29. The van der Waals surface area contributed by atoms with Gasteiger partial charge in [-0.2, -0.15) is 11.8 Å². The molecule has 3 nitrogen and oxygen atoms in total. The monoisotopic (exact) mass is 253 g/mol. The Morgan fingerprint density at radius 2 is 2.35 bits per heavy atom. The SMILES string of the molecule is CSCCCCNC1CCCC1n1ccnc1. The third-order valence-corrected chi connectivity index (χ3v) is 4.27. The standard InChI is InChI=1S/C13H23N3S/c1-17-10-3-2-7-15-12-5-4-6-13(12)16-9-8-14-11-16/h8-9,11-13,15H,2-7,10H2,1H3. The van der Waals surface area contributed by atoms with E-state index in [1.165, 1.54) is 37.9 Å². The Balaban J connectivity index is 1.72. The predicted octanol–water partition coefficient (Wildman–Crippen LogP) is 2.71. The summed E-state index contributed by atoms with van der Waals surface area (Å²) in [6.07, 6.45) is 14.7. The molecule has 0 saturated heterocycles. The second-order valence-electron chi connectivity index (χ2n) is 4.77. The number of aromatic nitrogens is 2.